The second-order valence-corrected chi connectivity index (χ2v) is 7.38. The summed E-state index contributed by atoms with van der Waals surface area (Å²) in [6.07, 6.45) is 0.844. The lowest BCUT2D eigenvalue weighted by atomic mass is 10.1. The Labute approximate surface area is 156 Å². The van der Waals surface area contributed by atoms with Crippen LogP contribution in [0.15, 0.2) is 23.0 Å². The minimum absolute atomic E-state index is 0.0772. The number of carbonyl (C=O) groups excluding carboxylic acids is 1. The highest BCUT2D eigenvalue weighted by Crippen LogP contribution is 2.16. The fourth-order valence-corrected chi connectivity index (χ4v) is 3.13. The summed E-state index contributed by atoms with van der Waals surface area (Å²) in [5, 5.41) is 10.4. The van der Waals surface area contributed by atoms with E-state index in [9.17, 15) is 9.59 Å². The zero-order valence-corrected chi connectivity index (χ0v) is 16.2. The molecule has 0 spiro atoms. The average Bonchev–Trinajstić information content (AvgIpc) is 2.99. The van der Waals surface area contributed by atoms with E-state index >= 15 is 0 Å². The lowest BCUT2D eigenvalue weighted by Gasteiger charge is -2.14. The van der Waals surface area contributed by atoms with Crippen molar-refractivity contribution < 1.29 is 4.79 Å². The minimum Gasteiger partial charge on any atom is -0.350 e. The predicted octanol–water partition coefficient (Wildman–Crippen LogP) is 2.89. The van der Waals surface area contributed by atoms with Crippen molar-refractivity contribution in [3.05, 3.63) is 38.9 Å². The van der Waals surface area contributed by atoms with Gasteiger partial charge in [0.1, 0.15) is 0 Å². The van der Waals surface area contributed by atoms with Crippen LogP contribution in [0, 0.1) is 10.7 Å². The molecule has 8 heteroatoms. The van der Waals surface area contributed by atoms with Gasteiger partial charge >= 0.3 is 0 Å². The largest absolute Gasteiger partial charge is 0.350 e. The molecule has 3 rings (SSSR count). The monoisotopic (exact) mass is 373 g/mol. The quantitative estimate of drug-likeness (QED) is 0.674. The summed E-state index contributed by atoms with van der Waals surface area (Å²) in [5.41, 5.74) is 0.938. The van der Waals surface area contributed by atoms with E-state index in [0.29, 0.717) is 33.6 Å². The summed E-state index contributed by atoms with van der Waals surface area (Å²) >= 11 is 5.36. The molecular weight excluding hydrogens is 350 g/mol. The Kier molecular flexibility index (Phi) is 4.95. The van der Waals surface area contributed by atoms with Crippen molar-refractivity contribution in [3.8, 4) is 0 Å². The second kappa shape index (κ2) is 7.03. The number of aromatic nitrogens is 4. The minimum atomic E-state index is -0.171. The van der Waals surface area contributed by atoms with Crippen LogP contribution in [0.1, 0.15) is 44.5 Å². The summed E-state index contributed by atoms with van der Waals surface area (Å²) in [6, 6.07) is 5.14. The summed E-state index contributed by atoms with van der Waals surface area (Å²) < 4.78 is 3.73. The van der Waals surface area contributed by atoms with Crippen molar-refractivity contribution >= 4 is 34.8 Å². The van der Waals surface area contributed by atoms with Crippen LogP contribution < -0.4 is 10.9 Å². The van der Waals surface area contributed by atoms with E-state index in [-0.39, 0.29) is 23.4 Å². The molecule has 1 amide bonds. The molecule has 0 aliphatic carbocycles. The number of hydrogen-bond donors (Lipinski definition) is 2. The molecule has 0 saturated carbocycles. The first-order valence-electron chi connectivity index (χ1n) is 8.78. The van der Waals surface area contributed by atoms with Crippen LogP contribution in [-0.4, -0.2) is 31.1 Å². The first-order chi connectivity index (χ1) is 12.3. The highest BCUT2D eigenvalue weighted by molar-refractivity contribution is 7.71. The van der Waals surface area contributed by atoms with E-state index in [1.165, 1.54) is 0 Å². The molecule has 0 aliphatic rings. The van der Waals surface area contributed by atoms with E-state index in [1.807, 2.05) is 27.7 Å². The second-order valence-electron chi connectivity index (χ2n) is 6.99. The van der Waals surface area contributed by atoms with Crippen LogP contribution in [0.25, 0.3) is 16.7 Å². The zero-order valence-electron chi connectivity index (χ0n) is 15.4. The number of rotatable bonds is 5. The molecule has 2 heterocycles. The van der Waals surface area contributed by atoms with Gasteiger partial charge in [0.2, 0.25) is 10.5 Å². The van der Waals surface area contributed by atoms with Gasteiger partial charge in [0.25, 0.3) is 11.5 Å². The van der Waals surface area contributed by atoms with Crippen LogP contribution >= 0.6 is 12.2 Å². The van der Waals surface area contributed by atoms with Gasteiger partial charge in [-0.2, -0.15) is 0 Å². The van der Waals surface area contributed by atoms with E-state index in [0.717, 1.165) is 6.42 Å². The van der Waals surface area contributed by atoms with Gasteiger partial charge < -0.3 is 5.32 Å². The molecule has 0 fully saturated rings. The predicted molar refractivity (Wildman–Crippen MR) is 104 cm³/mol. The number of H-pyrrole nitrogens is 1. The summed E-state index contributed by atoms with van der Waals surface area (Å²) in [7, 11) is 0. The lowest BCUT2D eigenvalue weighted by molar-refractivity contribution is 0.0939. The summed E-state index contributed by atoms with van der Waals surface area (Å²) in [6.45, 7) is 8.58. The van der Waals surface area contributed by atoms with Crippen molar-refractivity contribution in [1.29, 1.82) is 0 Å². The third-order valence-electron chi connectivity index (χ3n) is 4.41. The Morgan fingerprint density at radius 3 is 2.73 bits per heavy atom. The molecule has 0 saturated heterocycles. The lowest BCUT2D eigenvalue weighted by Crippen LogP contribution is -2.32. The van der Waals surface area contributed by atoms with Crippen LogP contribution in [0.2, 0.25) is 0 Å². The molecule has 2 aromatic heterocycles. The number of aromatic amines is 1. The van der Waals surface area contributed by atoms with E-state index in [1.54, 1.807) is 27.2 Å². The van der Waals surface area contributed by atoms with Crippen molar-refractivity contribution in [2.45, 2.75) is 46.7 Å². The highest BCUT2D eigenvalue weighted by Gasteiger charge is 2.16. The van der Waals surface area contributed by atoms with Gasteiger partial charge in [0, 0.05) is 18.2 Å². The number of nitrogens with one attached hydrogen (secondary N) is 2. The maximum absolute atomic E-state index is 13.0. The number of nitrogens with zero attached hydrogens (tertiary/aromatic N) is 3. The van der Waals surface area contributed by atoms with Gasteiger partial charge in [0.15, 0.2) is 0 Å². The molecular formula is C18H23N5O2S. The Balaban J connectivity index is 2.26. The molecule has 7 nitrogen and oxygen atoms in total. The van der Waals surface area contributed by atoms with Gasteiger partial charge in [-0.25, -0.2) is 5.10 Å². The summed E-state index contributed by atoms with van der Waals surface area (Å²) in [4.78, 5) is 25.4. The first kappa shape index (κ1) is 18.3. The maximum atomic E-state index is 13.0. The van der Waals surface area contributed by atoms with Crippen LogP contribution in [0.3, 0.4) is 0 Å². The Hall–Kier alpha value is -2.48. The Morgan fingerprint density at radius 1 is 1.35 bits per heavy atom. The normalized spacial score (nSPS) is 12.8. The standard InChI is InChI=1S/C18H23N5O2S/c1-5-11(4)19-15(24)12-6-7-13-14(8-12)23-17(20-21-18(23)26)22(16(13)25)9-10(2)3/h6-8,10-11H,5,9H2,1-4H3,(H,19,24)(H,21,26)/t11-/m1/s1. The molecule has 2 N–H and O–H groups in total. The van der Waals surface area contributed by atoms with E-state index in [2.05, 4.69) is 15.5 Å². The van der Waals surface area contributed by atoms with E-state index < -0.39 is 0 Å². The van der Waals surface area contributed by atoms with Crippen molar-refractivity contribution in [2.75, 3.05) is 0 Å². The molecule has 0 radical (unpaired) electrons. The first-order valence-corrected chi connectivity index (χ1v) is 9.18. The molecule has 1 atom stereocenters. The SMILES string of the molecule is CC[C@@H](C)NC(=O)c1ccc2c(=O)n(CC(C)C)c3n[nH]c(=S)n3c2c1. The third kappa shape index (κ3) is 3.16. The molecule has 1 aromatic carbocycles. The Bertz CT molecular complexity index is 1090. The molecule has 0 unspecified atom stereocenters. The molecule has 138 valence electrons. The fraction of sp³-hybridized carbons (Fsp3) is 0.444. The molecule has 26 heavy (non-hydrogen) atoms. The Morgan fingerprint density at radius 2 is 2.08 bits per heavy atom. The van der Waals surface area contributed by atoms with Crippen LogP contribution in [0.5, 0.6) is 0 Å². The van der Waals surface area contributed by atoms with Gasteiger partial charge in [0.05, 0.1) is 10.9 Å². The number of benzene rings is 1. The average molecular weight is 373 g/mol. The smallest absolute Gasteiger partial charge is 0.262 e. The van der Waals surface area contributed by atoms with Gasteiger partial charge in [-0.05, 0) is 49.7 Å². The number of fused-ring (bicyclic) bond motifs is 3. The van der Waals surface area contributed by atoms with Crippen LogP contribution in [-0.2, 0) is 6.54 Å². The number of carbonyl (C=O) groups is 1. The molecule has 0 aliphatic heterocycles. The van der Waals surface area contributed by atoms with Crippen LogP contribution in [0.4, 0.5) is 0 Å². The molecule has 0 bridgehead atoms. The summed E-state index contributed by atoms with van der Waals surface area (Å²) in [5.74, 6) is 0.566. The highest BCUT2D eigenvalue weighted by atomic mass is 32.1. The van der Waals surface area contributed by atoms with Crippen molar-refractivity contribution in [1.82, 2.24) is 24.5 Å². The van der Waals surface area contributed by atoms with Crippen molar-refractivity contribution in [2.24, 2.45) is 5.92 Å². The molecule has 3 aromatic rings. The third-order valence-corrected chi connectivity index (χ3v) is 4.68. The fourth-order valence-electron chi connectivity index (χ4n) is 2.90. The van der Waals surface area contributed by atoms with Gasteiger partial charge in [-0.3, -0.25) is 18.6 Å². The van der Waals surface area contributed by atoms with Crippen molar-refractivity contribution in [3.63, 3.8) is 0 Å². The zero-order chi connectivity index (χ0) is 19.0. The number of hydrogen-bond acceptors (Lipinski definition) is 4. The van der Waals surface area contributed by atoms with Gasteiger partial charge in [-0.15, -0.1) is 5.10 Å². The van der Waals surface area contributed by atoms with Gasteiger partial charge in [-0.1, -0.05) is 20.8 Å². The van der Waals surface area contributed by atoms with E-state index in [4.69, 9.17) is 12.2 Å². The number of amides is 1. The topological polar surface area (TPSA) is 84.2 Å². The maximum Gasteiger partial charge on any atom is 0.262 e.